The Hall–Kier alpha value is -1.95. The zero-order valence-corrected chi connectivity index (χ0v) is 12.0. The number of nitrogens with one attached hydrogen (secondary N) is 1. The summed E-state index contributed by atoms with van der Waals surface area (Å²) < 4.78 is 43.9. The summed E-state index contributed by atoms with van der Waals surface area (Å²) in [4.78, 5) is 3.96. The number of aryl methyl sites for hydroxylation is 1. The molecule has 112 valence electrons. The summed E-state index contributed by atoms with van der Waals surface area (Å²) >= 11 is 5.85. The molecule has 7 heteroatoms. The van der Waals surface area contributed by atoms with Gasteiger partial charge in [0.25, 0.3) is 0 Å². The number of pyridine rings is 1. The van der Waals surface area contributed by atoms with E-state index in [0.29, 0.717) is 10.8 Å². The maximum atomic E-state index is 12.8. The second-order valence-corrected chi connectivity index (χ2v) is 4.78. The van der Waals surface area contributed by atoms with E-state index in [1.807, 2.05) is 0 Å². The van der Waals surface area contributed by atoms with Gasteiger partial charge in [-0.1, -0.05) is 17.7 Å². The molecule has 0 spiro atoms. The van der Waals surface area contributed by atoms with Crippen molar-refractivity contribution in [3.63, 3.8) is 0 Å². The van der Waals surface area contributed by atoms with E-state index in [0.717, 1.165) is 17.7 Å². The SMILES string of the molecule is CNc1cc(C(F)(F)F)cc(Oc2cc(Cl)ccc2C)n1. The zero-order valence-electron chi connectivity index (χ0n) is 11.3. The molecule has 0 amide bonds. The predicted molar refractivity (Wildman–Crippen MR) is 75.0 cm³/mol. The molecular formula is C14H12ClF3N2O. The second kappa shape index (κ2) is 5.81. The van der Waals surface area contributed by atoms with E-state index >= 15 is 0 Å². The third-order valence-electron chi connectivity index (χ3n) is 2.75. The van der Waals surface area contributed by atoms with Crippen molar-refractivity contribution in [2.45, 2.75) is 13.1 Å². The molecule has 3 nitrogen and oxygen atoms in total. The van der Waals surface area contributed by atoms with E-state index in [1.165, 1.54) is 13.1 Å². The Balaban J connectivity index is 2.42. The van der Waals surface area contributed by atoms with Gasteiger partial charge in [0.15, 0.2) is 0 Å². The van der Waals surface area contributed by atoms with Crippen LogP contribution in [-0.4, -0.2) is 12.0 Å². The Bertz CT molecular complexity index is 659. The van der Waals surface area contributed by atoms with Crippen molar-refractivity contribution in [2.75, 3.05) is 12.4 Å². The average Bonchev–Trinajstić information content (AvgIpc) is 2.41. The Labute approximate surface area is 124 Å². The number of ether oxygens (including phenoxy) is 1. The standard InChI is InChI=1S/C14H12ClF3N2O/c1-8-3-4-10(15)7-11(8)21-13-6-9(14(16,17)18)5-12(19-2)20-13/h3-7H,1-2H3,(H,19,20). The van der Waals surface area contributed by atoms with E-state index < -0.39 is 11.7 Å². The summed E-state index contributed by atoms with van der Waals surface area (Å²) in [6.07, 6.45) is -4.48. The lowest BCUT2D eigenvalue weighted by Gasteiger charge is -2.13. The molecule has 1 aromatic carbocycles. The minimum Gasteiger partial charge on any atom is -0.439 e. The van der Waals surface area contributed by atoms with Crippen molar-refractivity contribution in [3.8, 4) is 11.6 Å². The lowest BCUT2D eigenvalue weighted by atomic mass is 10.2. The molecule has 0 saturated carbocycles. The maximum absolute atomic E-state index is 12.8. The van der Waals surface area contributed by atoms with Gasteiger partial charge in [-0.2, -0.15) is 18.2 Å². The summed E-state index contributed by atoms with van der Waals surface area (Å²) in [6, 6.07) is 6.67. The van der Waals surface area contributed by atoms with Gasteiger partial charge in [0.05, 0.1) is 5.56 Å². The Morgan fingerprint density at radius 1 is 1.19 bits per heavy atom. The van der Waals surface area contributed by atoms with Gasteiger partial charge in [-0.15, -0.1) is 0 Å². The molecule has 2 aromatic rings. The van der Waals surface area contributed by atoms with Crippen LogP contribution in [0.1, 0.15) is 11.1 Å². The third-order valence-corrected chi connectivity index (χ3v) is 2.99. The number of alkyl halides is 3. The first-order chi connectivity index (χ1) is 9.79. The fraction of sp³-hybridized carbons (Fsp3) is 0.214. The Morgan fingerprint density at radius 3 is 2.52 bits per heavy atom. The highest BCUT2D eigenvalue weighted by Gasteiger charge is 2.32. The molecule has 0 aliphatic rings. The minimum atomic E-state index is -4.48. The molecule has 21 heavy (non-hydrogen) atoms. The van der Waals surface area contributed by atoms with Gasteiger partial charge in [0.2, 0.25) is 5.88 Å². The lowest BCUT2D eigenvalue weighted by Crippen LogP contribution is -2.07. The molecule has 1 heterocycles. The highest BCUT2D eigenvalue weighted by Crippen LogP contribution is 2.34. The highest BCUT2D eigenvalue weighted by atomic mass is 35.5. The van der Waals surface area contributed by atoms with E-state index in [2.05, 4.69) is 10.3 Å². The summed E-state index contributed by atoms with van der Waals surface area (Å²) in [7, 11) is 1.48. The van der Waals surface area contributed by atoms with E-state index in [-0.39, 0.29) is 11.7 Å². The first-order valence-electron chi connectivity index (χ1n) is 6.00. The van der Waals surface area contributed by atoms with Crippen LogP contribution in [0.2, 0.25) is 5.02 Å². The zero-order chi connectivity index (χ0) is 15.6. The van der Waals surface area contributed by atoms with Crippen molar-refractivity contribution < 1.29 is 17.9 Å². The van der Waals surface area contributed by atoms with Crippen molar-refractivity contribution in [1.29, 1.82) is 0 Å². The summed E-state index contributed by atoms with van der Waals surface area (Å²) in [5.41, 5.74) is -0.0962. The first kappa shape index (κ1) is 15.4. The minimum absolute atomic E-state index is 0.0690. The van der Waals surface area contributed by atoms with Crippen molar-refractivity contribution >= 4 is 17.4 Å². The van der Waals surface area contributed by atoms with Crippen molar-refractivity contribution in [2.24, 2.45) is 0 Å². The number of aromatic nitrogens is 1. The highest BCUT2D eigenvalue weighted by molar-refractivity contribution is 6.30. The number of hydrogen-bond acceptors (Lipinski definition) is 3. The molecule has 0 aliphatic carbocycles. The van der Waals surface area contributed by atoms with Crippen molar-refractivity contribution in [1.82, 2.24) is 4.98 Å². The fourth-order valence-electron chi connectivity index (χ4n) is 1.65. The molecule has 0 atom stereocenters. The topological polar surface area (TPSA) is 34.1 Å². The van der Waals surface area contributed by atoms with Crippen molar-refractivity contribution in [3.05, 3.63) is 46.5 Å². The van der Waals surface area contributed by atoms with Crippen LogP contribution in [0.3, 0.4) is 0 Å². The molecular weight excluding hydrogens is 305 g/mol. The first-order valence-corrected chi connectivity index (χ1v) is 6.38. The molecule has 0 bridgehead atoms. The molecule has 0 unspecified atom stereocenters. The van der Waals surface area contributed by atoms with Crippen LogP contribution >= 0.6 is 11.6 Å². The normalized spacial score (nSPS) is 11.3. The number of rotatable bonds is 3. The molecule has 1 aromatic heterocycles. The molecule has 0 aliphatic heterocycles. The van der Waals surface area contributed by atoms with Crippen LogP contribution in [-0.2, 0) is 6.18 Å². The lowest BCUT2D eigenvalue weighted by molar-refractivity contribution is -0.137. The van der Waals surface area contributed by atoms with Crippen LogP contribution < -0.4 is 10.1 Å². The van der Waals surface area contributed by atoms with E-state index in [4.69, 9.17) is 16.3 Å². The van der Waals surface area contributed by atoms with Gasteiger partial charge in [0.1, 0.15) is 11.6 Å². The molecule has 0 radical (unpaired) electrons. The van der Waals surface area contributed by atoms with Crippen LogP contribution in [0.4, 0.5) is 19.0 Å². The fourth-order valence-corrected chi connectivity index (χ4v) is 1.81. The summed E-state index contributed by atoms with van der Waals surface area (Å²) in [5, 5.41) is 3.00. The van der Waals surface area contributed by atoms with E-state index in [1.54, 1.807) is 19.1 Å². The van der Waals surface area contributed by atoms with Crippen LogP contribution in [0, 0.1) is 6.92 Å². The number of nitrogens with zero attached hydrogens (tertiary/aromatic N) is 1. The van der Waals surface area contributed by atoms with Gasteiger partial charge in [0, 0.05) is 18.1 Å². The molecule has 2 rings (SSSR count). The van der Waals surface area contributed by atoms with Crippen LogP contribution in [0.5, 0.6) is 11.6 Å². The monoisotopic (exact) mass is 316 g/mol. The van der Waals surface area contributed by atoms with Gasteiger partial charge in [-0.25, -0.2) is 0 Å². The van der Waals surface area contributed by atoms with Gasteiger partial charge in [-0.3, -0.25) is 0 Å². The predicted octanol–water partition coefficient (Wildman–Crippen LogP) is 4.90. The summed E-state index contributed by atoms with van der Waals surface area (Å²) in [6.45, 7) is 1.76. The largest absolute Gasteiger partial charge is 0.439 e. The Morgan fingerprint density at radius 2 is 1.90 bits per heavy atom. The summed E-state index contributed by atoms with van der Waals surface area (Å²) in [5.74, 6) is 0.274. The quantitative estimate of drug-likeness (QED) is 0.875. The maximum Gasteiger partial charge on any atom is 0.416 e. The Kier molecular flexibility index (Phi) is 4.27. The van der Waals surface area contributed by atoms with E-state index in [9.17, 15) is 13.2 Å². The molecule has 1 N–H and O–H groups in total. The van der Waals surface area contributed by atoms with Gasteiger partial charge in [-0.05, 0) is 30.7 Å². The van der Waals surface area contributed by atoms with Gasteiger partial charge < -0.3 is 10.1 Å². The molecule has 0 fully saturated rings. The van der Waals surface area contributed by atoms with Crippen LogP contribution in [0.15, 0.2) is 30.3 Å². The number of anilines is 1. The number of hydrogen-bond donors (Lipinski definition) is 1. The second-order valence-electron chi connectivity index (χ2n) is 4.34. The van der Waals surface area contributed by atoms with Crippen LogP contribution in [0.25, 0.3) is 0 Å². The molecule has 0 saturated heterocycles. The third kappa shape index (κ3) is 3.78. The smallest absolute Gasteiger partial charge is 0.416 e. The number of halogens is 4. The average molecular weight is 317 g/mol. The van der Waals surface area contributed by atoms with Gasteiger partial charge >= 0.3 is 6.18 Å². The number of benzene rings is 1.